The van der Waals surface area contributed by atoms with Gasteiger partial charge in [-0.15, -0.1) is 0 Å². The number of aliphatic hydroxyl groups excluding tert-OH is 6. The Bertz CT molecular complexity index is 579. The molecule has 0 unspecified atom stereocenters. The topological polar surface area (TPSA) is 189 Å². The fraction of sp³-hybridized carbons (Fsp3) is 1.00. The summed E-state index contributed by atoms with van der Waals surface area (Å²) < 4.78 is 10.6. The highest BCUT2D eigenvalue weighted by atomic mass is 16.7. The molecule has 1 fully saturated rings. The second kappa shape index (κ2) is 19.1. The third-order valence-electron chi connectivity index (χ3n) is 6.62. The minimum Gasteiger partial charge on any atom is -0.394 e. The molecule has 0 aromatic rings. The van der Waals surface area contributed by atoms with Gasteiger partial charge in [-0.25, -0.2) is 0 Å². The molecule has 8 atom stereocenters. The van der Waals surface area contributed by atoms with Gasteiger partial charge in [0.1, 0.15) is 24.4 Å². The molecule has 1 rings (SSSR count). The number of unbranched alkanes of at least 4 members (excludes halogenated alkanes) is 11. The Morgan fingerprint density at radius 1 is 0.857 bits per heavy atom. The van der Waals surface area contributed by atoms with Crippen LogP contribution in [0.5, 0.6) is 0 Å². The number of aliphatic hydroxyl groups is 6. The third-order valence-corrected chi connectivity index (χ3v) is 6.62. The molecule has 35 heavy (non-hydrogen) atoms. The number of azide groups is 1. The third kappa shape index (κ3) is 12.2. The second-order valence-corrected chi connectivity index (χ2v) is 9.54. The Kier molecular flexibility index (Phi) is 17.5. The number of ether oxygens (including phenoxy) is 2. The van der Waals surface area contributed by atoms with E-state index in [9.17, 15) is 30.6 Å². The Labute approximate surface area is 208 Å². The van der Waals surface area contributed by atoms with E-state index in [0.717, 1.165) is 25.7 Å². The largest absolute Gasteiger partial charge is 0.394 e. The molecule has 0 radical (unpaired) electrons. The molecule has 0 bridgehead atoms. The summed E-state index contributed by atoms with van der Waals surface area (Å²) in [5, 5.41) is 63.2. The molecule has 1 aliphatic rings. The zero-order valence-corrected chi connectivity index (χ0v) is 21.1. The molecule has 11 heteroatoms. The number of hydrogen-bond acceptors (Lipinski definition) is 9. The summed E-state index contributed by atoms with van der Waals surface area (Å²) in [7, 11) is 0. The lowest BCUT2D eigenvalue weighted by Gasteiger charge is -2.40. The molecule has 1 aliphatic heterocycles. The first-order chi connectivity index (χ1) is 16.9. The van der Waals surface area contributed by atoms with Gasteiger partial charge in [0.05, 0.1) is 31.5 Å². The lowest BCUT2D eigenvalue weighted by molar-refractivity contribution is -0.302. The molecular weight excluding hydrogens is 458 g/mol. The summed E-state index contributed by atoms with van der Waals surface area (Å²) in [5.74, 6) is 0. The SMILES string of the molecule is CCCCCCCCCCCCCC[C@@H](O)[C@@H](O)[C@@H](CO[C@H]1O[C@H](CO)[C@H](O)[C@H](O)[C@H]1O)N=[N+]=[N-]. The van der Waals surface area contributed by atoms with E-state index in [4.69, 9.17) is 15.0 Å². The van der Waals surface area contributed by atoms with Crippen LogP contribution in [0, 0.1) is 0 Å². The number of nitrogens with zero attached hydrogens (tertiary/aromatic N) is 3. The predicted octanol–water partition coefficient (Wildman–Crippen LogP) is 2.29. The Morgan fingerprint density at radius 2 is 1.40 bits per heavy atom. The molecule has 0 amide bonds. The molecule has 1 heterocycles. The first kappa shape index (κ1) is 32.0. The van der Waals surface area contributed by atoms with Crippen molar-refractivity contribution in [3.63, 3.8) is 0 Å². The molecule has 11 nitrogen and oxygen atoms in total. The molecule has 1 saturated heterocycles. The molecular formula is C24H47N3O8. The van der Waals surface area contributed by atoms with Crippen molar-refractivity contribution in [2.75, 3.05) is 13.2 Å². The van der Waals surface area contributed by atoms with Crippen molar-refractivity contribution in [3.05, 3.63) is 10.4 Å². The molecule has 0 spiro atoms. The fourth-order valence-corrected chi connectivity index (χ4v) is 4.29. The Morgan fingerprint density at radius 3 is 1.91 bits per heavy atom. The van der Waals surface area contributed by atoms with Crippen molar-refractivity contribution in [2.24, 2.45) is 5.11 Å². The maximum absolute atomic E-state index is 10.4. The van der Waals surface area contributed by atoms with Crippen LogP contribution >= 0.6 is 0 Å². The quantitative estimate of drug-likeness (QED) is 0.0628. The smallest absolute Gasteiger partial charge is 0.186 e. The second-order valence-electron chi connectivity index (χ2n) is 9.54. The van der Waals surface area contributed by atoms with Crippen LogP contribution in [0.3, 0.4) is 0 Å². The van der Waals surface area contributed by atoms with Crippen LogP contribution in [0.25, 0.3) is 10.4 Å². The predicted molar refractivity (Wildman–Crippen MR) is 130 cm³/mol. The van der Waals surface area contributed by atoms with Gasteiger partial charge in [-0.1, -0.05) is 89.1 Å². The highest BCUT2D eigenvalue weighted by molar-refractivity contribution is 4.89. The van der Waals surface area contributed by atoms with Crippen molar-refractivity contribution in [1.82, 2.24) is 0 Å². The molecule has 6 N–H and O–H groups in total. The molecule has 0 aromatic carbocycles. The van der Waals surface area contributed by atoms with Gasteiger partial charge in [0.15, 0.2) is 6.29 Å². The minimum atomic E-state index is -1.61. The summed E-state index contributed by atoms with van der Waals surface area (Å²) in [4.78, 5) is 2.69. The zero-order chi connectivity index (χ0) is 26.1. The zero-order valence-electron chi connectivity index (χ0n) is 21.1. The summed E-state index contributed by atoms with van der Waals surface area (Å²) in [6, 6.07) is -1.15. The van der Waals surface area contributed by atoms with Crippen LogP contribution in [-0.4, -0.2) is 92.8 Å². The normalized spacial score (nSPS) is 27.2. The lowest BCUT2D eigenvalue weighted by Crippen LogP contribution is -2.59. The lowest BCUT2D eigenvalue weighted by atomic mass is 9.99. The van der Waals surface area contributed by atoms with Gasteiger partial charge in [-0.2, -0.15) is 0 Å². The monoisotopic (exact) mass is 505 g/mol. The molecule has 0 aromatic heterocycles. The van der Waals surface area contributed by atoms with E-state index in [2.05, 4.69) is 16.9 Å². The van der Waals surface area contributed by atoms with E-state index in [1.54, 1.807) is 0 Å². The van der Waals surface area contributed by atoms with Gasteiger partial charge in [0, 0.05) is 4.91 Å². The van der Waals surface area contributed by atoms with E-state index >= 15 is 0 Å². The van der Waals surface area contributed by atoms with E-state index < -0.39 is 62.2 Å². The van der Waals surface area contributed by atoms with Crippen LogP contribution < -0.4 is 0 Å². The Hall–Kier alpha value is -1.01. The van der Waals surface area contributed by atoms with Crippen LogP contribution in [0.15, 0.2) is 5.11 Å². The van der Waals surface area contributed by atoms with Crippen molar-refractivity contribution in [2.45, 2.75) is 139 Å². The summed E-state index contributed by atoms with van der Waals surface area (Å²) >= 11 is 0. The van der Waals surface area contributed by atoms with Crippen molar-refractivity contribution >= 4 is 0 Å². The maximum atomic E-state index is 10.4. The average Bonchev–Trinajstić information content (AvgIpc) is 2.86. The van der Waals surface area contributed by atoms with Crippen LogP contribution in [0.1, 0.15) is 90.4 Å². The Balaban J connectivity index is 2.28. The minimum absolute atomic E-state index is 0.343. The van der Waals surface area contributed by atoms with Crippen molar-refractivity contribution in [3.8, 4) is 0 Å². The first-order valence-electron chi connectivity index (χ1n) is 13.2. The van der Waals surface area contributed by atoms with Crippen LogP contribution in [0.2, 0.25) is 0 Å². The molecule has 0 aliphatic carbocycles. The highest BCUT2D eigenvalue weighted by Gasteiger charge is 2.44. The molecule has 206 valence electrons. The fourth-order valence-electron chi connectivity index (χ4n) is 4.29. The first-order valence-corrected chi connectivity index (χ1v) is 13.2. The van der Waals surface area contributed by atoms with Crippen LogP contribution in [-0.2, 0) is 9.47 Å². The number of rotatable bonds is 20. The van der Waals surface area contributed by atoms with Gasteiger partial charge < -0.3 is 40.1 Å². The summed E-state index contributed by atoms with van der Waals surface area (Å²) in [6.45, 7) is 1.22. The van der Waals surface area contributed by atoms with Gasteiger partial charge >= 0.3 is 0 Å². The van der Waals surface area contributed by atoms with E-state index in [1.165, 1.54) is 51.4 Å². The van der Waals surface area contributed by atoms with Crippen molar-refractivity contribution < 1.29 is 40.1 Å². The van der Waals surface area contributed by atoms with Crippen molar-refractivity contribution in [1.29, 1.82) is 0 Å². The highest BCUT2D eigenvalue weighted by Crippen LogP contribution is 2.23. The summed E-state index contributed by atoms with van der Waals surface area (Å²) in [5.41, 5.74) is 8.83. The van der Waals surface area contributed by atoms with E-state index in [1.807, 2.05) is 0 Å². The number of hydrogen-bond donors (Lipinski definition) is 6. The molecule has 0 saturated carbocycles. The van der Waals surface area contributed by atoms with Gasteiger partial charge in [-0.05, 0) is 12.0 Å². The maximum Gasteiger partial charge on any atom is 0.186 e. The van der Waals surface area contributed by atoms with E-state index in [0.29, 0.717) is 6.42 Å². The van der Waals surface area contributed by atoms with Gasteiger partial charge in [0.2, 0.25) is 0 Å². The van der Waals surface area contributed by atoms with Gasteiger partial charge in [-0.3, -0.25) is 0 Å². The van der Waals surface area contributed by atoms with Gasteiger partial charge in [0.25, 0.3) is 0 Å². The van der Waals surface area contributed by atoms with E-state index in [-0.39, 0.29) is 0 Å². The van der Waals surface area contributed by atoms with Crippen LogP contribution in [0.4, 0.5) is 0 Å². The summed E-state index contributed by atoms with van der Waals surface area (Å²) in [6.07, 6.45) is 4.79. The average molecular weight is 506 g/mol. The standard InChI is InChI=1S/C24H47N3O8/c1-2-3-4-5-6-7-8-9-10-11-12-13-14-18(29)20(30)17(26-27-25)16-34-24-23(33)22(32)21(31)19(15-28)35-24/h17-24,28-33H,2-16H2,1H3/t17-,18-,19-,20+,21+,22+,23-,24+/m1/s1.